The number of nitrogens with zero attached hydrogens (tertiary/aromatic N) is 2. The lowest BCUT2D eigenvalue weighted by Gasteiger charge is -2.50. The van der Waals surface area contributed by atoms with Gasteiger partial charge in [-0.2, -0.15) is 0 Å². The number of nitrogens with two attached hydrogens (primary N) is 1. The molecule has 234 valence electrons. The molecular formula is C31H41N3O9. The number of primary amides is 1. The fourth-order valence-corrected chi connectivity index (χ4v) is 6.54. The topological polar surface area (TPSA) is 191 Å². The van der Waals surface area contributed by atoms with Gasteiger partial charge in [0.2, 0.25) is 5.78 Å². The maximum absolute atomic E-state index is 14.1. The molecule has 12 nitrogen and oxygen atoms in total. The average Bonchev–Trinajstić information content (AvgIpc) is 2.88. The molecule has 0 radical (unpaired) electrons. The number of aliphatic hydroxyl groups excluding tert-OH is 2. The molecule has 3 aliphatic rings. The Labute approximate surface area is 250 Å². The van der Waals surface area contributed by atoms with E-state index in [0.29, 0.717) is 16.8 Å². The van der Waals surface area contributed by atoms with Crippen molar-refractivity contribution in [1.29, 1.82) is 0 Å². The molecule has 1 amide bonds. The maximum atomic E-state index is 14.1. The van der Waals surface area contributed by atoms with Crippen LogP contribution in [0.2, 0.25) is 0 Å². The number of ether oxygens (including phenoxy) is 1. The summed E-state index contributed by atoms with van der Waals surface area (Å²) in [4.78, 5) is 55.2. The second-order valence-corrected chi connectivity index (χ2v) is 13.3. The molecule has 0 bridgehead atoms. The summed E-state index contributed by atoms with van der Waals surface area (Å²) in [6.45, 7) is 6.03. The zero-order valence-corrected chi connectivity index (χ0v) is 25.6. The number of hydrogen-bond donors (Lipinski definition) is 5. The Morgan fingerprint density at radius 1 is 1.12 bits per heavy atom. The lowest BCUT2D eigenvalue weighted by molar-refractivity contribution is -0.153. The van der Waals surface area contributed by atoms with Gasteiger partial charge >= 0.3 is 5.97 Å². The molecule has 0 spiro atoms. The number of Topliss-reactive ketones (excluding diaryl/α,β-unsaturated/α-hetero) is 2. The van der Waals surface area contributed by atoms with E-state index in [1.54, 1.807) is 39.2 Å². The molecule has 0 saturated heterocycles. The molecular weight excluding hydrogens is 558 g/mol. The number of carbonyl (C=O) groups is 4. The van der Waals surface area contributed by atoms with Gasteiger partial charge in [-0.1, -0.05) is 20.8 Å². The minimum Gasteiger partial charge on any atom is -0.508 e. The lowest BCUT2D eigenvalue weighted by Crippen LogP contribution is -2.65. The van der Waals surface area contributed by atoms with Crippen molar-refractivity contribution in [3.05, 3.63) is 39.7 Å². The zero-order valence-electron chi connectivity index (χ0n) is 25.6. The molecule has 0 aromatic heterocycles. The number of phenols is 1. The predicted molar refractivity (Wildman–Crippen MR) is 157 cm³/mol. The standard InChI is InChI=1S/C31H41N3O9/c1-30(2,3)13-43-19(35)9-8-14-12-18(33(4)5)16-10-15-11-17-23(34(6)7)26(38)22(29(32)41)28(40)31(17,42)27(39)20(15)25(37)21(16)24(14)36/h12,15,17,23,36-37,40,42H,8-11,13H2,1-7H3,(H2,32,41)/t15-,17-,23-,31-/m0/s1. The molecule has 43 heavy (non-hydrogen) atoms. The second kappa shape index (κ2) is 11.0. The van der Waals surface area contributed by atoms with Crippen molar-refractivity contribution >= 4 is 34.9 Å². The summed E-state index contributed by atoms with van der Waals surface area (Å²) in [5, 5.41) is 45.8. The van der Waals surface area contributed by atoms with E-state index >= 15 is 0 Å². The maximum Gasteiger partial charge on any atom is 0.306 e. The van der Waals surface area contributed by atoms with Gasteiger partial charge in [-0.3, -0.25) is 24.1 Å². The van der Waals surface area contributed by atoms with Gasteiger partial charge in [-0.25, -0.2) is 0 Å². The third-order valence-electron chi connectivity index (χ3n) is 8.52. The van der Waals surface area contributed by atoms with Crippen LogP contribution in [0.1, 0.15) is 50.3 Å². The third-order valence-corrected chi connectivity index (χ3v) is 8.52. The fraction of sp³-hybridized carbons (Fsp3) is 0.548. The van der Waals surface area contributed by atoms with E-state index in [1.165, 1.54) is 4.90 Å². The number of aromatic hydroxyl groups is 1. The van der Waals surface area contributed by atoms with E-state index < -0.39 is 64.0 Å². The number of fused-ring (bicyclic) bond motifs is 3. The van der Waals surface area contributed by atoms with Gasteiger partial charge in [0.25, 0.3) is 5.91 Å². The minimum atomic E-state index is -2.71. The number of aliphatic hydroxyl groups is 3. The number of aryl methyl sites for hydroxylation is 1. The van der Waals surface area contributed by atoms with Crippen LogP contribution >= 0.6 is 0 Å². The zero-order chi connectivity index (χ0) is 32.3. The van der Waals surface area contributed by atoms with Crippen molar-refractivity contribution in [3.8, 4) is 5.75 Å². The number of phenolic OH excluding ortho intramolecular Hbond substituents is 1. The van der Waals surface area contributed by atoms with Crippen molar-refractivity contribution in [3.63, 3.8) is 0 Å². The van der Waals surface area contributed by atoms with Gasteiger partial charge in [0, 0.05) is 37.7 Å². The summed E-state index contributed by atoms with van der Waals surface area (Å²) in [5.74, 6) is -7.48. The molecule has 3 aliphatic carbocycles. The number of rotatable bonds is 7. The summed E-state index contributed by atoms with van der Waals surface area (Å²) in [7, 11) is 6.67. The van der Waals surface area contributed by atoms with Crippen LogP contribution in [0, 0.1) is 17.3 Å². The van der Waals surface area contributed by atoms with E-state index in [2.05, 4.69) is 0 Å². The molecule has 1 saturated carbocycles. The van der Waals surface area contributed by atoms with E-state index in [1.807, 2.05) is 20.8 Å². The number of esters is 1. The Kier molecular flexibility index (Phi) is 8.18. The third kappa shape index (κ3) is 5.27. The normalized spacial score (nSPS) is 25.4. The van der Waals surface area contributed by atoms with E-state index in [0.717, 1.165) is 0 Å². The summed E-state index contributed by atoms with van der Waals surface area (Å²) in [5.41, 5.74) is 2.89. The first kappa shape index (κ1) is 32.0. The second-order valence-electron chi connectivity index (χ2n) is 13.3. The Morgan fingerprint density at radius 3 is 2.28 bits per heavy atom. The highest BCUT2D eigenvalue weighted by Gasteiger charge is 2.64. The number of hydrogen-bond acceptors (Lipinski definition) is 11. The molecule has 0 aliphatic heterocycles. The van der Waals surface area contributed by atoms with Crippen LogP contribution in [0.5, 0.6) is 5.75 Å². The van der Waals surface area contributed by atoms with Crippen LogP contribution in [0.4, 0.5) is 5.69 Å². The SMILES string of the molecule is CN(C)c1cc(CCC(=O)OCC(C)(C)C)c(O)c2c1C[C@H]1C[C@H]3[C@H](N(C)C)C(=O)C(C(N)=O)=C(O)[C@@]3(O)C(=O)C1=C2O. The molecule has 1 fully saturated rings. The lowest BCUT2D eigenvalue weighted by atomic mass is 9.57. The molecule has 12 heteroatoms. The largest absolute Gasteiger partial charge is 0.508 e. The predicted octanol–water partition coefficient (Wildman–Crippen LogP) is 1.55. The Bertz CT molecular complexity index is 1470. The number of likely N-dealkylation sites (N-methyl/N-ethyl adjacent to an activating group) is 1. The average molecular weight is 600 g/mol. The van der Waals surface area contributed by atoms with Crippen LogP contribution < -0.4 is 10.6 Å². The van der Waals surface area contributed by atoms with E-state index in [4.69, 9.17) is 10.5 Å². The van der Waals surface area contributed by atoms with Gasteiger partial charge in [-0.05, 0) is 61.9 Å². The highest BCUT2D eigenvalue weighted by Crippen LogP contribution is 2.54. The van der Waals surface area contributed by atoms with Gasteiger partial charge in [-0.15, -0.1) is 0 Å². The van der Waals surface area contributed by atoms with Crippen LogP contribution in [0.15, 0.2) is 23.0 Å². The van der Waals surface area contributed by atoms with E-state index in [-0.39, 0.29) is 54.6 Å². The fourth-order valence-electron chi connectivity index (χ4n) is 6.54. The van der Waals surface area contributed by atoms with Crippen LogP contribution in [-0.2, 0) is 36.8 Å². The van der Waals surface area contributed by atoms with Gasteiger partial charge in [0.15, 0.2) is 11.4 Å². The molecule has 6 N–H and O–H groups in total. The van der Waals surface area contributed by atoms with Crippen LogP contribution in [0.3, 0.4) is 0 Å². The highest BCUT2D eigenvalue weighted by atomic mass is 16.5. The number of ketones is 2. The smallest absolute Gasteiger partial charge is 0.306 e. The Morgan fingerprint density at radius 2 is 1.74 bits per heavy atom. The molecule has 4 atom stereocenters. The first-order valence-electron chi connectivity index (χ1n) is 14.2. The number of anilines is 1. The Balaban J connectivity index is 1.84. The quantitative estimate of drug-likeness (QED) is 0.226. The summed E-state index contributed by atoms with van der Waals surface area (Å²) < 4.78 is 5.34. The summed E-state index contributed by atoms with van der Waals surface area (Å²) >= 11 is 0. The molecule has 1 aromatic rings. The first-order chi connectivity index (χ1) is 19.8. The van der Waals surface area contributed by atoms with Crippen molar-refractivity contribution < 1.29 is 44.3 Å². The molecule has 1 aromatic carbocycles. The molecule has 0 unspecified atom stereocenters. The summed E-state index contributed by atoms with van der Waals surface area (Å²) in [6.07, 6.45) is 0.224. The van der Waals surface area contributed by atoms with Crippen molar-refractivity contribution in [2.24, 2.45) is 23.0 Å². The summed E-state index contributed by atoms with van der Waals surface area (Å²) in [6, 6.07) is 0.574. The van der Waals surface area contributed by atoms with Crippen molar-refractivity contribution in [2.75, 3.05) is 39.7 Å². The first-order valence-corrected chi connectivity index (χ1v) is 14.2. The minimum absolute atomic E-state index is 0.000755. The van der Waals surface area contributed by atoms with Crippen molar-refractivity contribution in [2.45, 2.75) is 58.1 Å². The van der Waals surface area contributed by atoms with Crippen LogP contribution in [0.25, 0.3) is 5.76 Å². The molecule has 0 heterocycles. The highest BCUT2D eigenvalue weighted by molar-refractivity contribution is 6.24. The number of amides is 1. The number of carbonyl (C=O) groups excluding carboxylic acids is 4. The van der Waals surface area contributed by atoms with E-state index in [9.17, 15) is 39.6 Å². The van der Waals surface area contributed by atoms with Crippen molar-refractivity contribution in [1.82, 2.24) is 4.90 Å². The Hall–Kier alpha value is -3.90. The van der Waals surface area contributed by atoms with Gasteiger partial charge in [0.05, 0.1) is 18.2 Å². The molecule has 4 rings (SSSR count). The van der Waals surface area contributed by atoms with Gasteiger partial charge < -0.3 is 35.8 Å². The monoisotopic (exact) mass is 599 g/mol. The van der Waals surface area contributed by atoms with Gasteiger partial charge in [0.1, 0.15) is 22.8 Å². The van der Waals surface area contributed by atoms with Crippen LogP contribution in [-0.4, -0.2) is 95.2 Å². The number of benzene rings is 1.